The molecule has 0 spiro atoms. The highest BCUT2D eigenvalue weighted by Crippen LogP contribution is 2.23. The number of hydrogen-bond acceptors (Lipinski definition) is 4. The maximum Gasteiger partial charge on any atom is 0.123 e. The van der Waals surface area contributed by atoms with E-state index in [-0.39, 0.29) is 12.4 Å². The molecule has 1 N–H and O–H groups in total. The second-order valence-corrected chi connectivity index (χ2v) is 8.28. The van der Waals surface area contributed by atoms with E-state index in [2.05, 4.69) is 33.9 Å². The van der Waals surface area contributed by atoms with Crippen LogP contribution in [0.15, 0.2) is 30.3 Å². The van der Waals surface area contributed by atoms with Crippen molar-refractivity contribution in [3.8, 4) is 0 Å². The van der Waals surface area contributed by atoms with E-state index in [0.717, 1.165) is 51.3 Å². The van der Waals surface area contributed by atoms with Crippen molar-refractivity contribution in [1.82, 2.24) is 14.7 Å². The molecular weight excluding hydrogens is 341 g/mol. The minimum absolute atomic E-state index is 0.198. The van der Waals surface area contributed by atoms with Gasteiger partial charge in [-0.05, 0) is 62.5 Å². The lowest BCUT2D eigenvalue weighted by atomic mass is 9.89. The molecule has 0 radical (unpaired) electrons. The predicted molar refractivity (Wildman–Crippen MR) is 109 cm³/mol. The van der Waals surface area contributed by atoms with Gasteiger partial charge in [-0.2, -0.15) is 0 Å². The third-order valence-corrected chi connectivity index (χ3v) is 5.83. The Morgan fingerprint density at radius 2 is 1.81 bits per heavy atom. The van der Waals surface area contributed by atoms with Gasteiger partial charge in [-0.1, -0.05) is 24.3 Å². The Labute approximate surface area is 163 Å². The summed E-state index contributed by atoms with van der Waals surface area (Å²) in [6.07, 6.45) is 6.59. The first-order valence-electron chi connectivity index (χ1n) is 10.3. The summed E-state index contributed by atoms with van der Waals surface area (Å²) in [5.41, 5.74) is 1.03. The van der Waals surface area contributed by atoms with Gasteiger partial charge in [-0.25, -0.2) is 4.39 Å². The Hall–Kier alpha value is -1.27. The molecule has 27 heavy (non-hydrogen) atoms. The van der Waals surface area contributed by atoms with Crippen LogP contribution in [-0.4, -0.2) is 85.8 Å². The SMILES string of the molecule is CN1CCCN(C[C@@H]2C[C@@H](CO)CN(C/C=C/c3ccc(F)cc3)C2)CC1. The average molecular weight is 376 g/mol. The average Bonchev–Trinajstić information content (AvgIpc) is 2.87. The Kier molecular flexibility index (Phi) is 7.82. The normalized spacial score (nSPS) is 26.5. The molecule has 2 saturated heterocycles. The molecule has 0 aromatic heterocycles. The number of rotatable bonds is 6. The lowest BCUT2D eigenvalue weighted by molar-refractivity contribution is 0.0738. The number of likely N-dealkylation sites (N-methyl/N-ethyl adjacent to an activating group) is 1. The fourth-order valence-corrected chi connectivity index (χ4v) is 4.40. The Morgan fingerprint density at radius 3 is 2.59 bits per heavy atom. The molecule has 4 nitrogen and oxygen atoms in total. The van der Waals surface area contributed by atoms with E-state index in [0.29, 0.717) is 11.8 Å². The van der Waals surface area contributed by atoms with Gasteiger partial charge in [0, 0.05) is 45.9 Å². The van der Waals surface area contributed by atoms with E-state index >= 15 is 0 Å². The maximum absolute atomic E-state index is 13.0. The van der Waals surface area contributed by atoms with Crippen molar-refractivity contribution in [3.63, 3.8) is 0 Å². The second kappa shape index (κ2) is 10.3. The van der Waals surface area contributed by atoms with Crippen LogP contribution in [0.2, 0.25) is 0 Å². The highest BCUT2D eigenvalue weighted by atomic mass is 19.1. The van der Waals surface area contributed by atoms with Gasteiger partial charge >= 0.3 is 0 Å². The van der Waals surface area contributed by atoms with Crippen LogP contribution in [0.1, 0.15) is 18.4 Å². The number of benzene rings is 1. The zero-order valence-electron chi connectivity index (χ0n) is 16.6. The minimum atomic E-state index is -0.198. The molecule has 2 fully saturated rings. The first kappa shape index (κ1) is 20.5. The van der Waals surface area contributed by atoms with E-state index in [9.17, 15) is 9.50 Å². The van der Waals surface area contributed by atoms with E-state index in [1.807, 2.05) is 0 Å². The Bertz CT molecular complexity index is 592. The first-order valence-corrected chi connectivity index (χ1v) is 10.3. The van der Waals surface area contributed by atoms with Gasteiger partial charge in [0.25, 0.3) is 0 Å². The van der Waals surface area contributed by atoms with Gasteiger partial charge in [0.05, 0.1) is 0 Å². The molecule has 2 heterocycles. The smallest absolute Gasteiger partial charge is 0.123 e. The number of piperidine rings is 1. The topological polar surface area (TPSA) is 30.0 Å². The lowest BCUT2D eigenvalue weighted by Crippen LogP contribution is -2.46. The van der Waals surface area contributed by atoms with Crippen molar-refractivity contribution in [2.75, 3.05) is 66.0 Å². The number of aliphatic hydroxyl groups excluding tert-OH is 1. The molecule has 150 valence electrons. The zero-order valence-corrected chi connectivity index (χ0v) is 16.6. The third-order valence-electron chi connectivity index (χ3n) is 5.83. The van der Waals surface area contributed by atoms with Crippen molar-refractivity contribution in [3.05, 3.63) is 41.7 Å². The molecule has 0 unspecified atom stereocenters. The van der Waals surface area contributed by atoms with Gasteiger partial charge in [-0.3, -0.25) is 4.90 Å². The standard InChI is InChI=1S/C22H34FN3O/c1-24-9-3-11-25(13-12-24)15-20-14-21(18-27)17-26(16-20)10-2-4-19-5-7-22(23)8-6-19/h2,4-8,20-21,27H,3,9-18H2,1H3/b4-2+/t20-,21+/m0/s1. The van der Waals surface area contributed by atoms with Gasteiger partial charge < -0.3 is 14.9 Å². The Balaban J connectivity index is 1.51. The van der Waals surface area contributed by atoms with Crippen molar-refractivity contribution < 1.29 is 9.50 Å². The van der Waals surface area contributed by atoms with E-state index < -0.39 is 0 Å². The largest absolute Gasteiger partial charge is 0.396 e. The summed E-state index contributed by atoms with van der Waals surface area (Å²) >= 11 is 0. The predicted octanol–water partition coefficient (Wildman–Crippen LogP) is 2.41. The molecule has 0 amide bonds. The van der Waals surface area contributed by atoms with Crippen molar-refractivity contribution in [2.24, 2.45) is 11.8 Å². The van der Waals surface area contributed by atoms with Crippen LogP contribution < -0.4 is 0 Å². The fraction of sp³-hybridized carbons (Fsp3) is 0.636. The summed E-state index contributed by atoms with van der Waals surface area (Å²) in [5.74, 6) is 0.799. The summed E-state index contributed by atoms with van der Waals surface area (Å²) in [4.78, 5) is 7.49. The number of halogens is 1. The monoisotopic (exact) mass is 375 g/mol. The maximum atomic E-state index is 13.0. The molecule has 5 heteroatoms. The first-order chi connectivity index (χ1) is 13.1. The van der Waals surface area contributed by atoms with Gasteiger partial charge in [-0.15, -0.1) is 0 Å². The van der Waals surface area contributed by atoms with Gasteiger partial charge in [0.15, 0.2) is 0 Å². The van der Waals surface area contributed by atoms with Gasteiger partial charge in [0.1, 0.15) is 5.82 Å². The molecule has 0 aliphatic carbocycles. The highest BCUT2D eigenvalue weighted by molar-refractivity contribution is 5.48. The molecule has 2 atom stereocenters. The quantitative estimate of drug-likeness (QED) is 0.827. The number of likely N-dealkylation sites (tertiary alicyclic amines) is 1. The van der Waals surface area contributed by atoms with Crippen LogP contribution in [0.25, 0.3) is 6.08 Å². The molecule has 1 aromatic carbocycles. The van der Waals surface area contributed by atoms with Crippen LogP contribution in [0, 0.1) is 17.7 Å². The van der Waals surface area contributed by atoms with Crippen LogP contribution in [0.3, 0.4) is 0 Å². The summed E-state index contributed by atoms with van der Waals surface area (Å²) in [5, 5.41) is 9.74. The van der Waals surface area contributed by atoms with Crippen molar-refractivity contribution in [1.29, 1.82) is 0 Å². The number of nitrogens with zero attached hydrogens (tertiary/aromatic N) is 3. The van der Waals surface area contributed by atoms with Crippen LogP contribution >= 0.6 is 0 Å². The van der Waals surface area contributed by atoms with Crippen LogP contribution in [-0.2, 0) is 0 Å². The molecule has 2 aliphatic rings. The Morgan fingerprint density at radius 1 is 1.04 bits per heavy atom. The molecule has 0 saturated carbocycles. The molecule has 3 rings (SSSR count). The van der Waals surface area contributed by atoms with Crippen molar-refractivity contribution in [2.45, 2.75) is 12.8 Å². The third kappa shape index (κ3) is 6.68. The molecular formula is C22H34FN3O. The zero-order chi connectivity index (χ0) is 19.1. The van der Waals surface area contributed by atoms with Crippen molar-refractivity contribution >= 4 is 6.08 Å². The van der Waals surface area contributed by atoms with Crippen LogP contribution in [0.4, 0.5) is 4.39 Å². The number of aliphatic hydroxyl groups is 1. The van der Waals surface area contributed by atoms with E-state index in [1.165, 1.54) is 31.6 Å². The number of hydrogen-bond donors (Lipinski definition) is 1. The summed E-state index contributed by atoms with van der Waals surface area (Å²) < 4.78 is 13.0. The van der Waals surface area contributed by atoms with E-state index in [1.54, 1.807) is 12.1 Å². The van der Waals surface area contributed by atoms with Gasteiger partial charge in [0.2, 0.25) is 0 Å². The molecule has 2 aliphatic heterocycles. The molecule has 0 bridgehead atoms. The summed E-state index contributed by atoms with van der Waals surface area (Å²) in [6.45, 7) is 9.05. The second-order valence-electron chi connectivity index (χ2n) is 8.28. The summed E-state index contributed by atoms with van der Waals surface area (Å²) in [7, 11) is 2.21. The molecule has 1 aromatic rings. The highest BCUT2D eigenvalue weighted by Gasteiger charge is 2.28. The fourth-order valence-electron chi connectivity index (χ4n) is 4.40. The van der Waals surface area contributed by atoms with Crippen LogP contribution in [0.5, 0.6) is 0 Å². The van der Waals surface area contributed by atoms with E-state index in [4.69, 9.17) is 0 Å². The summed E-state index contributed by atoms with van der Waals surface area (Å²) in [6, 6.07) is 6.60. The minimum Gasteiger partial charge on any atom is -0.396 e. The lowest BCUT2D eigenvalue weighted by Gasteiger charge is -2.38.